The molecule has 0 saturated carbocycles. The van der Waals surface area contributed by atoms with Gasteiger partial charge in [0.05, 0.1) is 21.5 Å². The van der Waals surface area contributed by atoms with Crippen LogP contribution in [0.3, 0.4) is 0 Å². The predicted octanol–water partition coefficient (Wildman–Crippen LogP) is 9.50. The van der Waals surface area contributed by atoms with E-state index in [1.165, 1.54) is 6.07 Å². The van der Waals surface area contributed by atoms with Crippen molar-refractivity contribution in [3.05, 3.63) is 139 Å². The molecule has 0 aliphatic carbocycles. The summed E-state index contributed by atoms with van der Waals surface area (Å²) in [5.74, 6) is 1.39. The zero-order valence-electron chi connectivity index (χ0n) is 23.2. The minimum Gasteiger partial charge on any atom is -0.226 e. The third-order valence-electron chi connectivity index (χ3n) is 7.43. The van der Waals surface area contributed by atoms with Gasteiger partial charge in [0.2, 0.25) is 0 Å². The molecule has 8 aromatic rings. The SMILES string of the molecule is Fc1ccc(-c2nc(-c3ccccc3)nc(-c3ccccc3)n2)cc1-c1nc(-c2ccccc2)c2sc3ccccc3c2n1. The number of thiophene rings is 1. The lowest BCUT2D eigenvalue weighted by Gasteiger charge is -2.11. The van der Waals surface area contributed by atoms with E-state index in [9.17, 15) is 0 Å². The Hall–Kier alpha value is -5.66. The highest BCUT2D eigenvalue weighted by atomic mass is 32.1. The molecule has 0 spiro atoms. The first kappa shape index (κ1) is 26.0. The van der Waals surface area contributed by atoms with Crippen LogP contribution < -0.4 is 0 Å². The summed E-state index contributed by atoms with van der Waals surface area (Å²) in [4.78, 5) is 24.4. The fraction of sp³-hybridized carbons (Fsp3) is 0. The Morgan fingerprint density at radius 2 is 1.00 bits per heavy atom. The molecule has 0 amide bonds. The largest absolute Gasteiger partial charge is 0.226 e. The fourth-order valence-electron chi connectivity index (χ4n) is 5.28. The summed E-state index contributed by atoms with van der Waals surface area (Å²) in [6.45, 7) is 0. The highest BCUT2D eigenvalue weighted by Gasteiger charge is 2.20. The summed E-state index contributed by atoms with van der Waals surface area (Å²) in [6.07, 6.45) is 0. The molecule has 7 heteroatoms. The standard InChI is InChI=1S/C37H22FN5S/c38-29-21-20-26(36-42-34(24-14-6-2-7-15-24)41-35(43-36)25-16-8-3-9-17-25)22-28(29)37-39-31(23-12-4-1-5-13-23)33-32(40-37)27-18-10-11-19-30(27)44-33/h1-22H. The van der Waals surface area contributed by atoms with Crippen molar-refractivity contribution in [3.63, 3.8) is 0 Å². The molecular weight excluding hydrogens is 566 g/mol. The summed E-state index contributed by atoms with van der Waals surface area (Å²) in [7, 11) is 0. The number of rotatable bonds is 5. The van der Waals surface area contributed by atoms with Gasteiger partial charge in [-0.3, -0.25) is 0 Å². The molecule has 208 valence electrons. The molecule has 0 atom stereocenters. The summed E-state index contributed by atoms with van der Waals surface area (Å²) in [6, 6.07) is 42.5. The molecule has 5 nitrogen and oxygen atoms in total. The van der Waals surface area contributed by atoms with Gasteiger partial charge in [-0.1, -0.05) is 109 Å². The van der Waals surface area contributed by atoms with Crippen LogP contribution in [-0.4, -0.2) is 24.9 Å². The Balaban J connectivity index is 1.34. The van der Waals surface area contributed by atoms with Crippen LogP contribution in [0.1, 0.15) is 0 Å². The summed E-state index contributed by atoms with van der Waals surface area (Å²) in [5.41, 5.74) is 5.16. The lowest BCUT2D eigenvalue weighted by molar-refractivity contribution is 0.630. The maximum atomic E-state index is 15.7. The van der Waals surface area contributed by atoms with E-state index >= 15 is 4.39 Å². The monoisotopic (exact) mass is 587 g/mol. The quantitative estimate of drug-likeness (QED) is 0.201. The molecule has 5 aromatic carbocycles. The first-order valence-corrected chi connectivity index (χ1v) is 14.9. The van der Waals surface area contributed by atoms with Crippen molar-refractivity contribution < 1.29 is 4.39 Å². The van der Waals surface area contributed by atoms with Crippen LogP contribution in [0.15, 0.2) is 133 Å². The van der Waals surface area contributed by atoms with E-state index in [0.29, 0.717) is 28.9 Å². The zero-order chi connectivity index (χ0) is 29.5. The first-order chi connectivity index (χ1) is 21.7. The molecule has 0 saturated heterocycles. The minimum absolute atomic E-state index is 0.278. The van der Waals surface area contributed by atoms with Crippen molar-refractivity contribution in [2.45, 2.75) is 0 Å². The Bertz CT molecular complexity index is 2230. The van der Waals surface area contributed by atoms with Crippen molar-refractivity contribution >= 4 is 31.6 Å². The maximum Gasteiger partial charge on any atom is 0.164 e. The molecule has 0 aliphatic heterocycles. The molecular formula is C37H22FN5S. The second kappa shape index (κ2) is 10.9. The molecule has 3 aromatic heterocycles. The average molecular weight is 588 g/mol. The molecule has 0 fully saturated rings. The van der Waals surface area contributed by atoms with Gasteiger partial charge >= 0.3 is 0 Å². The normalized spacial score (nSPS) is 11.3. The van der Waals surface area contributed by atoms with Gasteiger partial charge in [-0.15, -0.1) is 11.3 Å². The minimum atomic E-state index is -0.424. The van der Waals surface area contributed by atoms with Crippen LogP contribution in [0.4, 0.5) is 4.39 Å². The van der Waals surface area contributed by atoms with E-state index < -0.39 is 5.82 Å². The van der Waals surface area contributed by atoms with E-state index in [4.69, 9.17) is 24.9 Å². The third-order valence-corrected chi connectivity index (χ3v) is 8.60. The third kappa shape index (κ3) is 4.69. The fourth-order valence-corrected chi connectivity index (χ4v) is 6.43. The predicted molar refractivity (Wildman–Crippen MR) is 175 cm³/mol. The van der Waals surface area contributed by atoms with Gasteiger partial charge in [0.1, 0.15) is 5.82 Å². The van der Waals surface area contributed by atoms with E-state index in [1.807, 2.05) is 109 Å². The number of aromatic nitrogens is 5. The van der Waals surface area contributed by atoms with Crippen LogP contribution in [0.25, 0.3) is 77.1 Å². The van der Waals surface area contributed by atoms with Gasteiger partial charge < -0.3 is 0 Å². The molecule has 0 radical (unpaired) electrons. The highest BCUT2D eigenvalue weighted by Crippen LogP contribution is 2.40. The van der Waals surface area contributed by atoms with Crippen molar-refractivity contribution in [2.75, 3.05) is 0 Å². The number of hydrogen-bond donors (Lipinski definition) is 0. The molecule has 8 rings (SSSR count). The Morgan fingerprint density at radius 3 is 1.64 bits per heavy atom. The van der Waals surface area contributed by atoms with Crippen LogP contribution in [0.2, 0.25) is 0 Å². The smallest absolute Gasteiger partial charge is 0.164 e. The maximum absolute atomic E-state index is 15.7. The van der Waals surface area contributed by atoms with Crippen molar-refractivity contribution in [1.29, 1.82) is 0 Å². The van der Waals surface area contributed by atoms with Crippen molar-refractivity contribution in [2.24, 2.45) is 0 Å². The van der Waals surface area contributed by atoms with Gasteiger partial charge in [-0.25, -0.2) is 29.3 Å². The van der Waals surface area contributed by atoms with Gasteiger partial charge in [0.15, 0.2) is 23.3 Å². The Labute approximate surface area is 256 Å². The van der Waals surface area contributed by atoms with Gasteiger partial charge in [0.25, 0.3) is 0 Å². The lowest BCUT2D eigenvalue weighted by Crippen LogP contribution is -2.01. The van der Waals surface area contributed by atoms with Crippen LogP contribution in [0, 0.1) is 5.82 Å². The number of fused-ring (bicyclic) bond motifs is 3. The summed E-state index contributed by atoms with van der Waals surface area (Å²) in [5, 5.41) is 1.02. The average Bonchev–Trinajstić information content (AvgIpc) is 3.48. The highest BCUT2D eigenvalue weighted by molar-refractivity contribution is 7.26. The molecule has 0 unspecified atom stereocenters. The summed E-state index contributed by atoms with van der Waals surface area (Å²) >= 11 is 1.64. The molecule has 0 bridgehead atoms. The van der Waals surface area contributed by atoms with E-state index in [-0.39, 0.29) is 5.56 Å². The van der Waals surface area contributed by atoms with Crippen molar-refractivity contribution in [1.82, 2.24) is 24.9 Å². The van der Waals surface area contributed by atoms with Gasteiger partial charge in [-0.05, 0) is 24.3 Å². The summed E-state index contributed by atoms with van der Waals surface area (Å²) < 4.78 is 17.8. The second-order valence-electron chi connectivity index (χ2n) is 10.3. The van der Waals surface area contributed by atoms with Gasteiger partial charge in [0, 0.05) is 32.3 Å². The van der Waals surface area contributed by atoms with E-state index in [0.717, 1.165) is 42.7 Å². The first-order valence-electron chi connectivity index (χ1n) is 14.1. The number of nitrogens with zero attached hydrogens (tertiary/aromatic N) is 5. The van der Waals surface area contributed by atoms with Crippen LogP contribution in [0.5, 0.6) is 0 Å². The second-order valence-corrected chi connectivity index (χ2v) is 11.3. The zero-order valence-corrected chi connectivity index (χ0v) is 24.0. The van der Waals surface area contributed by atoms with Crippen LogP contribution >= 0.6 is 11.3 Å². The van der Waals surface area contributed by atoms with Gasteiger partial charge in [-0.2, -0.15) is 0 Å². The van der Waals surface area contributed by atoms with Crippen LogP contribution in [-0.2, 0) is 0 Å². The lowest BCUT2D eigenvalue weighted by atomic mass is 10.1. The molecule has 0 aliphatic rings. The molecule has 44 heavy (non-hydrogen) atoms. The Morgan fingerprint density at radius 1 is 0.455 bits per heavy atom. The number of benzene rings is 5. The molecule has 3 heterocycles. The van der Waals surface area contributed by atoms with E-state index in [2.05, 4.69) is 6.07 Å². The molecule has 0 N–H and O–H groups in total. The van der Waals surface area contributed by atoms with E-state index in [1.54, 1.807) is 23.5 Å². The number of halogens is 1. The van der Waals surface area contributed by atoms with Crippen molar-refractivity contribution in [3.8, 4) is 56.8 Å². The Kier molecular flexibility index (Phi) is 6.43. The number of hydrogen-bond acceptors (Lipinski definition) is 6. The topological polar surface area (TPSA) is 64.5 Å².